The fraction of sp³-hybridized carbons (Fsp3) is 0.835. The van der Waals surface area contributed by atoms with E-state index in [0.717, 1.165) is 121 Å². The number of carbonyl (C=O) groups excluding carboxylic acids is 2. The predicted molar refractivity (Wildman–Crippen MR) is 461 cm³/mol. The maximum absolute atomic E-state index is 10.7. The zero-order valence-corrected chi connectivity index (χ0v) is 74.1. The first-order valence-electron chi connectivity index (χ1n) is 42.7. The molecule has 15 rings (SSSR count). The highest BCUT2D eigenvalue weighted by Crippen LogP contribution is 2.40. The number of piperidine rings is 1. The third-order valence-corrected chi connectivity index (χ3v) is 19.8. The minimum Gasteiger partial charge on any atom is -0.486 e. The Kier molecular flexibility index (Phi) is 102. The van der Waals surface area contributed by atoms with E-state index >= 15 is 0 Å². The maximum atomic E-state index is 10.7. The predicted octanol–water partition coefficient (Wildman–Crippen LogP) is 20.5. The zero-order chi connectivity index (χ0) is 79.1. The van der Waals surface area contributed by atoms with Crippen molar-refractivity contribution in [1.82, 2.24) is 31.1 Å². The van der Waals surface area contributed by atoms with Crippen LogP contribution in [0.15, 0.2) is 48.5 Å². The van der Waals surface area contributed by atoms with E-state index in [1.165, 1.54) is 195 Å². The quantitative estimate of drug-likeness (QED) is 0.196. The molecule has 10 saturated heterocycles. The Morgan fingerprint density at radius 1 is 0.365 bits per heavy atom. The van der Waals surface area contributed by atoms with Crippen LogP contribution in [0.3, 0.4) is 0 Å². The highest BCUT2D eigenvalue weighted by molar-refractivity contribution is 7.99. The molecule has 1 aliphatic carbocycles. The van der Waals surface area contributed by atoms with E-state index in [4.69, 9.17) is 23.7 Å². The molecule has 11 fully saturated rings. The molecule has 1 saturated carbocycles. The number of cyclic esters (lactones) is 1. The summed E-state index contributed by atoms with van der Waals surface area (Å²) >= 11 is 4.13. The molecule has 13 aliphatic rings. The number of amides is 2. The molecule has 2 unspecified atom stereocenters. The Bertz CT molecular complexity index is 1780. The van der Waals surface area contributed by atoms with Gasteiger partial charge in [-0.2, -0.15) is 23.5 Å². The number of para-hydroxylation sites is 2. The first-order chi connectivity index (χ1) is 51.2. The molecule has 2 amide bonds. The molecule has 12 aliphatic heterocycles. The first kappa shape index (κ1) is 112. The zero-order valence-electron chi connectivity index (χ0n) is 71.6. The van der Waals surface area contributed by atoms with Crippen LogP contribution in [-0.4, -0.2) is 197 Å². The average molecular weight is 1530 g/mol. The molecule has 2 aromatic carbocycles. The van der Waals surface area contributed by atoms with E-state index in [9.17, 15) is 18.0 Å². The first-order valence-corrected chi connectivity index (χ1v) is 46.8. The van der Waals surface area contributed by atoms with Gasteiger partial charge in [0.15, 0.2) is 11.5 Å². The number of thioether (sulfide) groups is 2. The van der Waals surface area contributed by atoms with Crippen LogP contribution in [0.4, 0.5) is 4.79 Å². The van der Waals surface area contributed by atoms with Crippen molar-refractivity contribution in [1.29, 1.82) is 0 Å². The molecule has 12 heterocycles. The molecule has 2 atom stereocenters. The van der Waals surface area contributed by atoms with Gasteiger partial charge in [0.1, 0.15) is 29.7 Å². The van der Waals surface area contributed by atoms with Crippen molar-refractivity contribution in [3.8, 4) is 11.5 Å². The lowest BCUT2D eigenvalue weighted by Crippen LogP contribution is -2.24. The molecule has 620 valence electrons. The second-order valence-electron chi connectivity index (χ2n) is 23.5. The van der Waals surface area contributed by atoms with Crippen molar-refractivity contribution >= 4 is 45.4 Å². The second-order valence-corrected chi connectivity index (χ2v) is 28.2. The monoisotopic (exact) mass is 1530 g/mol. The second kappa shape index (κ2) is 94.4. The lowest BCUT2D eigenvalue weighted by Gasteiger charge is -2.17. The minimum atomic E-state index is -2.58. The standard InChI is InChI=1S/C9H11N.C8H8O2.C6H13N.C6H12O.C5H9NO.C5H9N.C5H10O2S.2C5H10O.C5H10S.C4H7NO2.C4H9NS.9C2H6/c1-2-4-9-7-10-6-5-8(9)3-1;1-2-4-8-7(3-1)9-5-6-10-8;2*1-2-4-6-7-5-3-1;1-6-4-2-3-5(6)7;1-4-2-6-3-5(1)4;6-8(7)4-2-1-3-5-8;3*1-2-4-6-5-3-1;1-5-2-3-7-4(5)6;1-3-6-4-2-5-1;9*1-2/h1-4,10H,5-7H2;1-4H,5-6H2;7H,1-6H2;1-6H2;2-4H2,1H3;4-6H,1-3H2;1-5H2;3*1-5H2;2-3H2,1H3;5H,1-4H2;9*1-2H3. The van der Waals surface area contributed by atoms with Crippen LogP contribution in [0, 0.1) is 11.8 Å². The smallest absolute Gasteiger partial charge is 0.409 e. The Morgan fingerprint density at radius 2 is 0.760 bits per heavy atom. The minimum absolute atomic E-state index is 0.208. The summed E-state index contributed by atoms with van der Waals surface area (Å²) in [7, 11) is 0.977. The summed E-state index contributed by atoms with van der Waals surface area (Å²) in [4.78, 5) is 24.1. The number of hydrogen-bond donors (Lipinski definition) is 4. The Morgan fingerprint density at radius 3 is 1.03 bits per heavy atom. The summed E-state index contributed by atoms with van der Waals surface area (Å²) in [6, 6.07) is 16.3. The van der Waals surface area contributed by atoms with E-state index in [0.29, 0.717) is 37.2 Å². The summed E-state index contributed by atoms with van der Waals surface area (Å²) in [5, 5.41) is 13.3. The number of benzene rings is 2. The fourth-order valence-electron chi connectivity index (χ4n) is 10.3. The summed E-state index contributed by atoms with van der Waals surface area (Å²) in [5.74, 6) is 10.5. The fourth-order valence-corrected chi connectivity index (χ4v) is 13.6. The average Bonchev–Trinajstić information content (AvgIpc) is 1.66. The van der Waals surface area contributed by atoms with E-state index in [1.54, 1.807) is 16.8 Å². The summed E-state index contributed by atoms with van der Waals surface area (Å²) in [6.45, 7) is 55.3. The van der Waals surface area contributed by atoms with Gasteiger partial charge in [0.2, 0.25) is 5.91 Å². The third kappa shape index (κ3) is 74.6. The number of rotatable bonds is 0. The van der Waals surface area contributed by atoms with Crippen LogP contribution in [0.1, 0.15) is 283 Å². The highest BCUT2D eigenvalue weighted by atomic mass is 32.2. The topological polar surface area (TPSA) is 178 Å². The number of fused-ring (bicyclic) bond motifs is 3. The molecule has 0 aromatic heterocycles. The van der Waals surface area contributed by atoms with Gasteiger partial charge >= 0.3 is 6.09 Å². The van der Waals surface area contributed by atoms with Crippen molar-refractivity contribution < 1.29 is 46.4 Å². The SMILES string of the molecule is C1CCCNCC1.C1CCCOCC1.C1CCOCC1.C1CCOCC1.C1CCSCC1.C1CSCCN1.C1NCC2CC12.CC.CC.CC.CC.CC.CC.CC.CC.CC.CN1CCCC1=O.CN1CCOC1=O.O=S1(=O)CCCCC1.c1ccc2c(c1)CCNC2.c1ccc2c(c1)OCCO2. The highest BCUT2D eigenvalue weighted by Gasteiger charge is 2.40. The third-order valence-electron chi connectivity index (χ3n) is 15.9. The number of likely N-dealkylation sites (tertiary alicyclic amines) is 1. The van der Waals surface area contributed by atoms with Crippen LogP contribution in [0.5, 0.6) is 11.5 Å². The molecule has 0 spiro atoms. The van der Waals surface area contributed by atoms with Crippen molar-refractivity contribution in [2.24, 2.45) is 11.8 Å². The van der Waals surface area contributed by atoms with Gasteiger partial charge in [-0.05, 0) is 188 Å². The molecular weight excluding hydrogens is 1360 g/mol. The summed E-state index contributed by atoms with van der Waals surface area (Å²) in [5.41, 5.74) is 2.98. The number of carbonyl (C=O) groups is 2. The molecular formula is C85H172N6O10S3. The summed E-state index contributed by atoms with van der Waals surface area (Å²) < 4.78 is 51.8. The lowest BCUT2D eigenvalue weighted by atomic mass is 10.0. The Balaban J connectivity index is -0.000000248. The van der Waals surface area contributed by atoms with Gasteiger partial charge in [0.05, 0.1) is 18.1 Å². The van der Waals surface area contributed by atoms with Crippen molar-refractivity contribution in [3.63, 3.8) is 0 Å². The normalized spacial score (nSPS) is 20.2. The van der Waals surface area contributed by atoms with Gasteiger partial charge in [0.25, 0.3) is 0 Å². The lowest BCUT2D eigenvalue weighted by molar-refractivity contribution is -0.126. The van der Waals surface area contributed by atoms with Gasteiger partial charge in [-0.1, -0.05) is 200 Å². The Labute approximate surface area is 654 Å². The van der Waals surface area contributed by atoms with Crippen LogP contribution in [0.2, 0.25) is 0 Å². The Hall–Kier alpha value is -2.85. The van der Waals surface area contributed by atoms with Gasteiger partial charge < -0.3 is 59.5 Å². The van der Waals surface area contributed by atoms with E-state index in [-0.39, 0.29) is 6.09 Å². The molecule has 104 heavy (non-hydrogen) atoms. The number of sulfone groups is 1. The van der Waals surface area contributed by atoms with Crippen LogP contribution in [-0.2, 0) is 46.5 Å². The van der Waals surface area contributed by atoms with E-state index in [2.05, 4.69) is 62.0 Å². The number of ether oxygens (including phenoxy) is 6. The van der Waals surface area contributed by atoms with Gasteiger partial charge in [-0.3, -0.25) is 4.79 Å². The molecule has 4 N–H and O–H groups in total. The number of hydrogen-bond acceptors (Lipinski definition) is 16. The van der Waals surface area contributed by atoms with Crippen molar-refractivity contribution in [2.75, 3.05) is 167 Å². The van der Waals surface area contributed by atoms with E-state index in [1.807, 2.05) is 168 Å². The molecule has 16 nitrogen and oxygen atoms in total. The number of likely N-dealkylation sites (N-methyl/N-ethyl adjacent to an activating group) is 1. The van der Waals surface area contributed by atoms with Gasteiger partial charge in [0, 0.05) is 97.8 Å². The van der Waals surface area contributed by atoms with Crippen LogP contribution >= 0.6 is 23.5 Å². The van der Waals surface area contributed by atoms with Gasteiger partial charge in [-0.25, -0.2) is 13.2 Å². The van der Waals surface area contributed by atoms with Crippen molar-refractivity contribution in [2.45, 2.75) is 285 Å². The maximum Gasteiger partial charge on any atom is 0.409 e. The molecule has 2 aromatic rings. The number of nitrogens with one attached hydrogen (secondary N) is 4. The largest absolute Gasteiger partial charge is 0.486 e. The van der Waals surface area contributed by atoms with E-state index < -0.39 is 9.84 Å². The van der Waals surface area contributed by atoms with Crippen molar-refractivity contribution in [3.05, 3.63) is 59.7 Å². The van der Waals surface area contributed by atoms with Gasteiger partial charge in [-0.15, -0.1) is 0 Å². The summed E-state index contributed by atoms with van der Waals surface area (Å²) in [6.07, 6.45) is 30.4. The van der Waals surface area contributed by atoms with Crippen LogP contribution < -0.4 is 30.7 Å². The number of nitrogens with zero attached hydrogens (tertiary/aromatic N) is 2. The molecule has 0 bridgehead atoms. The molecule has 19 heteroatoms. The van der Waals surface area contributed by atoms with Crippen LogP contribution in [0.25, 0.3) is 0 Å². The molecule has 0 radical (unpaired) electrons.